The highest BCUT2D eigenvalue weighted by Crippen LogP contribution is 2.23. The molecule has 10 heteroatoms. The molecule has 2 unspecified atom stereocenters. The first-order chi connectivity index (χ1) is 13.3. The van der Waals surface area contributed by atoms with E-state index in [0.717, 1.165) is 12.8 Å². The van der Waals surface area contributed by atoms with Gasteiger partial charge in [0.1, 0.15) is 0 Å². The van der Waals surface area contributed by atoms with Gasteiger partial charge in [0.2, 0.25) is 17.7 Å². The molecule has 2 aliphatic rings. The van der Waals surface area contributed by atoms with E-state index in [1.165, 1.54) is 12.8 Å². The highest BCUT2D eigenvalue weighted by atomic mass is 35.5. The lowest BCUT2D eigenvalue weighted by Gasteiger charge is -2.35. The molecule has 3 atom stereocenters. The zero-order valence-electron chi connectivity index (χ0n) is 18.4. The van der Waals surface area contributed by atoms with Crippen LogP contribution >= 0.6 is 24.8 Å². The van der Waals surface area contributed by atoms with Crippen LogP contribution in [0.1, 0.15) is 46.5 Å². The Balaban J connectivity index is 0.00000420. The van der Waals surface area contributed by atoms with E-state index in [0.29, 0.717) is 44.7 Å². The number of rotatable bonds is 7. The minimum Gasteiger partial charge on any atom is -0.352 e. The molecule has 4 N–H and O–H groups in total. The van der Waals surface area contributed by atoms with Crippen molar-refractivity contribution in [1.82, 2.24) is 20.4 Å². The topological polar surface area (TPSA) is 108 Å². The molecule has 0 aromatic rings. The second-order valence-corrected chi connectivity index (χ2v) is 8.68. The molecular formula is C20H39Cl2N5O3. The number of nitrogens with two attached hydrogens (primary N) is 1. The quantitative estimate of drug-likeness (QED) is 0.512. The van der Waals surface area contributed by atoms with Crippen LogP contribution in [0.3, 0.4) is 0 Å². The average molecular weight is 468 g/mol. The van der Waals surface area contributed by atoms with Gasteiger partial charge in [0.15, 0.2) is 0 Å². The zero-order valence-corrected chi connectivity index (χ0v) is 20.0. The van der Waals surface area contributed by atoms with E-state index in [2.05, 4.69) is 22.5 Å². The van der Waals surface area contributed by atoms with E-state index in [9.17, 15) is 14.4 Å². The molecule has 176 valence electrons. The highest BCUT2D eigenvalue weighted by molar-refractivity contribution is 5.87. The molecular weight excluding hydrogens is 429 g/mol. The van der Waals surface area contributed by atoms with Crippen LogP contribution in [-0.4, -0.2) is 78.9 Å². The molecule has 1 aliphatic heterocycles. The standard InChI is InChI=1S/C20H37N5O3.2ClH/c1-14(2)19(21)20(28)22-12-18(27)25-9-7-24(8-10-25)13-17(26)23-16-6-4-5-15(3)11-16;;/h14-16,19H,4-13,21H2,1-3H3,(H,22,28)(H,23,26);2*1H/t15?,16?,19-;;/m0../s1. The molecule has 3 amide bonds. The van der Waals surface area contributed by atoms with Crippen molar-refractivity contribution in [3.8, 4) is 0 Å². The molecule has 1 saturated heterocycles. The molecule has 2 fully saturated rings. The molecule has 1 aliphatic carbocycles. The molecule has 0 radical (unpaired) electrons. The smallest absolute Gasteiger partial charge is 0.242 e. The van der Waals surface area contributed by atoms with Crippen molar-refractivity contribution < 1.29 is 14.4 Å². The van der Waals surface area contributed by atoms with Crippen molar-refractivity contribution in [1.29, 1.82) is 0 Å². The Hall–Kier alpha value is -1.09. The first-order valence-electron chi connectivity index (χ1n) is 10.6. The molecule has 0 bridgehead atoms. The van der Waals surface area contributed by atoms with E-state index < -0.39 is 6.04 Å². The van der Waals surface area contributed by atoms with E-state index in [1.807, 2.05) is 13.8 Å². The molecule has 0 aromatic heterocycles. The van der Waals surface area contributed by atoms with Crippen molar-refractivity contribution in [2.45, 2.75) is 58.5 Å². The number of nitrogens with one attached hydrogen (secondary N) is 2. The Bertz CT molecular complexity index is 557. The molecule has 2 rings (SSSR count). The summed E-state index contributed by atoms with van der Waals surface area (Å²) in [6, 6.07) is -0.296. The average Bonchev–Trinajstić information content (AvgIpc) is 2.65. The van der Waals surface area contributed by atoms with Crippen molar-refractivity contribution in [2.75, 3.05) is 39.3 Å². The molecule has 0 spiro atoms. The van der Waals surface area contributed by atoms with Crippen LogP contribution in [0.4, 0.5) is 0 Å². The molecule has 1 saturated carbocycles. The fraction of sp³-hybridized carbons (Fsp3) is 0.850. The van der Waals surface area contributed by atoms with Gasteiger partial charge in [0.25, 0.3) is 0 Å². The number of carbonyl (C=O) groups is 3. The highest BCUT2D eigenvalue weighted by Gasteiger charge is 2.25. The van der Waals surface area contributed by atoms with E-state index in [-0.39, 0.29) is 55.0 Å². The number of piperazine rings is 1. The molecule has 30 heavy (non-hydrogen) atoms. The molecule has 1 heterocycles. The third-order valence-corrected chi connectivity index (χ3v) is 5.83. The van der Waals surface area contributed by atoms with Crippen LogP contribution in [0.25, 0.3) is 0 Å². The Morgan fingerprint density at radius 2 is 1.70 bits per heavy atom. The van der Waals surface area contributed by atoms with E-state index in [1.54, 1.807) is 4.90 Å². The van der Waals surface area contributed by atoms with Gasteiger partial charge in [-0.2, -0.15) is 0 Å². The number of carbonyl (C=O) groups excluding carboxylic acids is 3. The summed E-state index contributed by atoms with van der Waals surface area (Å²) in [5.41, 5.74) is 5.78. The van der Waals surface area contributed by atoms with Crippen LogP contribution in [0, 0.1) is 11.8 Å². The summed E-state index contributed by atoms with van der Waals surface area (Å²) in [6.45, 7) is 8.81. The zero-order chi connectivity index (χ0) is 20.7. The maximum Gasteiger partial charge on any atom is 0.242 e. The molecule has 8 nitrogen and oxygen atoms in total. The lowest BCUT2D eigenvalue weighted by atomic mass is 9.87. The van der Waals surface area contributed by atoms with Crippen LogP contribution in [0.15, 0.2) is 0 Å². The molecule has 0 aromatic carbocycles. The normalized spacial score (nSPS) is 23.0. The predicted molar refractivity (Wildman–Crippen MR) is 123 cm³/mol. The van der Waals surface area contributed by atoms with Crippen LogP contribution in [0.5, 0.6) is 0 Å². The fourth-order valence-electron chi connectivity index (χ4n) is 3.89. The van der Waals surface area contributed by atoms with Gasteiger partial charge in [0, 0.05) is 32.2 Å². The lowest BCUT2D eigenvalue weighted by molar-refractivity contribution is -0.135. The summed E-state index contributed by atoms with van der Waals surface area (Å²) in [6.07, 6.45) is 4.59. The Morgan fingerprint density at radius 1 is 1.07 bits per heavy atom. The van der Waals surface area contributed by atoms with Gasteiger partial charge < -0.3 is 21.3 Å². The number of halogens is 2. The summed E-state index contributed by atoms with van der Waals surface area (Å²) in [5, 5.41) is 5.78. The summed E-state index contributed by atoms with van der Waals surface area (Å²) in [7, 11) is 0. The Morgan fingerprint density at radius 3 is 2.27 bits per heavy atom. The lowest BCUT2D eigenvalue weighted by Crippen LogP contribution is -2.54. The Kier molecular flexibility index (Phi) is 13.6. The summed E-state index contributed by atoms with van der Waals surface area (Å²) < 4.78 is 0. The van der Waals surface area contributed by atoms with Gasteiger partial charge in [-0.15, -0.1) is 24.8 Å². The largest absolute Gasteiger partial charge is 0.352 e. The second kappa shape index (κ2) is 14.1. The van der Waals surface area contributed by atoms with Gasteiger partial charge in [-0.05, 0) is 24.7 Å². The SMILES string of the molecule is CC1CCCC(NC(=O)CN2CCN(C(=O)CNC(=O)[C@@H](N)C(C)C)CC2)C1.Cl.Cl. The summed E-state index contributed by atoms with van der Waals surface area (Å²) >= 11 is 0. The van der Waals surface area contributed by atoms with Crippen LogP contribution in [-0.2, 0) is 14.4 Å². The van der Waals surface area contributed by atoms with Crippen molar-refractivity contribution >= 4 is 42.5 Å². The van der Waals surface area contributed by atoms with Gasteiger partial charge in [0.05, 0.1) is 19.1 Å². The van der Waals surface area contributed by atoms with E-state index >= 15 is 0 Å². The van der Waals surface area contributed by atoms with Gasteiger partial charge in [-0.1, -0.05) is 33.6 Å². The predicted octanol–water partition coefficient (Wildman–Crippen LogP) is 0.769. The van der Waals surface area contributed by atoms with E-state index in [4.69, 9.17) is 5.73 Å². The first kappa shape index (κ1) is 28.9. The van der Waals surface area contributed by atoms with Crippen LogP contribution < -0.4 is 16.4 Å². The number of hydrogen-bond donors (Lipinski definition) is 3. The van der Waals surface area contributed by atoms with Crippen molar-refractivity contribution in [3.05, 3.63) is 0 Å². The summed E-state index contributed by atoms with van der Waals surface area (Å²) in [5.74, 6) is 0.389. The minimum absolute atomic E-state index is 0. The fourth-order valence-corrected chi connectivity index (χ4v) is 3.89. The van der Waals surface area contributed by atoms with Gasteiger partial charge >= 0.3 is 0 Å². The van der Waals surface area contributed by atoms with Crippen LogP contribution in [0.2, 0.25) is 0 Å². The maximum absolute atomic E-state index is 12.3. The first-order valence-corrected chi connectivity index (χ1v) is 10.6. The number of amides is 3. The third kappa shape index (κ3) is 9.37. The number of hydrogen-bond acceptors (Lipinski definition) is 5. The third-order valence-electron chi connectivity index (χ3n) is 5.83. The second-order valence-electron chi connectivity index (χ2n) is 8.68. The maximum atomic E-state index is 12.3. The van der Waals surface area contributed by atoms with Crippen molar-refractivity contribution in [3.63, 3.8) is 0 Å². The van der Waals surface area contributed by atoms with Gasteiger partial charge in [-0.25, -0.2) is 0 Å². The number of nitrogens with zero attached hydrogens (tertiary/aromatic N) is 2. The minimum atomic E-state index is -0.602. The summed E-state index contributed by atoms with van der Waals surface area (Å²) in [4.78, 5) is 40.3. The monoisotopic (exact) mass is 467 g/mol. The van der Waals surface area contributed by atoms with Crippen molar-refractivity contribution in [2.24, 2.45) is 17.6 Å². The Labute approximate surface area is 192 Å². The van der Waals surface area contributed by atoms with Gasteiger partial charge in [-0.3, -0.25) is 19.3 Å².